The minimum Gasteiger partial charge on any atom is -0.497 e. The summed E-state index contributed by atoms with van der Waals surface area (Å²) in [5.74, 6) is 0.783. The number of ether oxygens (including phenoxy) is 1. The normalized spacial score (nSPS) is 10.9. The summed E-state index contributed by atoms with van der Waals surface area (Å²) in [4.78, 5) is 19.9. The molecule has 5 heteroatoms. The van der Waals surface area contributed by atoms with E-state index in [0.717, 1.165) is 27.9 Å². The van der Waals surface area contributed by atoms with Crippen LogP contribution in [0.3, 0.4) is 0 Å². The first kappa shape index (κ1) is 14.7. The van der Waals surface area contributed by atoms with Crippen molar-refractivity contribution in [3.8, 4) is 27.6 Å². The molecule has 2 heterocycles. The van der Waals surface area contributed by atoms with Gasteiger partial charge >= 0.3 is 0 Å². The first-order chi connectivity index (χ1) is 11.7. The Balaban J connectivity index is 1.80. The fourth-order valence-corrected chi connectivity index (χ4v) is 3.46. The number of aromatic nitrogens is 2. The van der Waals surface area contributed by atoms with E-state index < -0.39 is 0 Å². The lowest BCUT2D eigenvalue weighted by molar-refractivity contribution is 0.415. The number of benzene rings is 2. The second-order valence-corrected chi connectivity index (χ2v) is 6.23. The fourth-order valence-electron chi connectivity index (χ4n) is 2.62. The van der Waals surface area contributed by atoms with E-state index in [0.29, 0.717) is 10.6 Å². The number of nitrogens with zero attached hydrogens (tertiary/aromatic N) is 1. The monoisotopic (exact) mass is 334 g/mol. The third kappa shape index (κ3) is 2.59. The Kier molecular flexibility index (Phi) is 3.63. The maximum Gasteiger partial charge on any atom is 0.258 e. The summed E-state index contributed by atoms with van der Waals surface area (Å²) in [6.45, 7) is 0. The van der Waals surface area contributed by atoms with Crippen LogP contribution in [0.25, 0.3) is 32.7 Å². The number of hydrogen-bond acceptors (Lipinski definition) is 4. The molecule has 4 rings (SSSR count). The van der Waals surface area contributed by atoms with Crippen LogP contribution in [-0.2, 0) is 0 Å². The van der Waals surface area contributed by atoms with E-state index in [1.165, 1.54) is 11.3 Å². The van der Waals surface area contributed by atoms with Gasteiger partial charge in [0.1, 0.15) is 10.8 Å². The zero-order valence-electron chi connectivity index (χ0n) is 12.9. The highest BCUT2D eigenvalue weighted by molar-refractivity contribution is 7.13. The summed E-state index contributed by atoms with van der Waals surface area (Å²) in [6, 6.07) is 17.4. The summed E-state index contributed by atoms with van der Waals surface area (Å²) in [6.07, 6.45) is 0. The van der Waals surface area contributed by atoms with E-state index in [4.69, 9.17) is 4.74 Å². The summed E-state index contributed by atoms with van der Waals surface area (Å²) in [5, 5.41) is 3.66. The Morgan fingerprint density at radius 3 is 2.83 bits per heavy atom. The van der Waals surface area contributed by atoms with Crippen molar-refractivity contribution in [2.45, 2.75) is 0 Å². The molecular formula is C19H14N2O2S. The van der Waals surface area contributed by atoms with E-state index in [2.05, 4.69) is 9.97 Å². The third-order valence-electron chi connectivity index (χ3n) is 3.85. The van der Waals surface area contributed by atoms with Gasteiger partial charge in [-0.1, -0.05) is 30.3 Å². The maximum atomic E-state index is 12.4. The molecule has 24 heavy (non-hydrogen) atoms. The number of aromatic amines is 1. The van der Waals surface area contributed by atoms with E-state index >= 15 is 0 Å². The fraction of sp³-hybridized carbons (Fsp3) is 0.0526. The van der Waals surface area contributed by atoms with E-state index in [1.54, 1.807) is 7.11 Å². The number of nitrogens with one attached hydrogen (secondary N) is 1. The minimum atomic E-state index is -0.125. The number of thiazole rings is 1. The van der Waals surface area contributed by atoms with Crippen molar-refractivity contribution in [3.05, 3.63) is 70.3 Å². The van der Waals surface area contributed by atoms with Crippen molar-refractivity contribution in [2.75, 3.05) is 7.11 Å². The van der Waals surface area contributed by atoms with E-state index in [-0.39, 0.29) is 5.56 Å². The largest absolute Gasteiger partial charge is 0.497 e. The van der Waals surface area contributed by atoms with Crippen LogP contribution < -0.4 is 10.3 Å². The van der Waals surface area contributed by atoms with Gasteiger partial charge in [0, 0.05) is 16.5 Å². The average Bonchev–Trinajstić information content (AvgIpc) is 3.11. The molecular weight excluding hydrogens is 320 g/mol. The highest BCUT2D eigenvalue weighted by atomic mass is 32.1. The average molecular weight is 334 g/mol. The Bertz CT molecular complexity index is 1080. The van der Waals surface area contributed by atoms with Crippen LogP contribution in [0.2, 0.25) is 0 Å². The zero-order valence-corrected chi connectivity index (χ0v) is 13.8. The van der Waals surface area contributed by atoms with Gasteiger partial charge in [-0.15, -0.1) is 11.3 Å². The summed E-state index contributed by atoms with van der Waals surface area (Å²) >= 11 is 1.46. The van der Waals surface area contributed by atoms with Gasteiger partial charge < -0.3 is 9.72 Å². The van der Waals surface area contributed by atoms with Gasteiger partial charge in [-0.3, -0.25) is 4.79 Å². The third-order valence-corrected chi connectivity index (χ3v) is 4.73. The lowest BCUT2D eigenvalue weighted by Crippen LogP contribution is -2.08. The van der Waals surface area contributed by atoms with Gasteiger partial charge in [-0.2, -0.15) is 0 Å². The van der Waals surface area contributed by atoms with Gasteiger partial charge in [0.05, 0.1) is 18.4 Å². The van der Waals surface area contributed by atoms with Gasteiger partial charge in [0.25, 0.3) is 5.56 Å². The van der Waals surface area contributed by atoms with Crippen molar-refractivity contribution in [1.82, 2.24) is 9.97 Å². The van der Waals surface area contributed by atoms with Crippen molar-refractivity contribution < 1.29 is 4.74 Å². The number of H-pyrrole nitrogens is 1. The molecule has 0 aliphatic carbocycles. The molecule has 4 aromatic rings. The van der Waals surface area contributed by atoms with E-state index in [9.17, 15) is 4.79 Å². The lowest BCUT2D eigenvalue weighted by Gasteiger charge is -2.02. The number of pyridine rings is 1. The minimum absolute atomic E-state index is 0.125. The standard InChI is InChI=1S/C19H14N2O2S/c1-23-14-7-4-6-12(9-14)17-11-24-19(21-17)15-10-13-5-2-3-8-16(13)20-18(15)22/h2-11H,1H3,(H,20,22). The molecule has 0 atom stereocenters. The molecule has 118 valence electrons. The summed E-state index contributed by atoms with van der Waals surface area (Å²) in [7, 11) is 1.64. The topological polar surface area (TPSA) is 55.0 Å². The second kappa shape index (κ2) is 5.94. The number of rotatable bonds is 3. The Hall–Kier alpha value is -2.92. The van der Waals surface area contributed by atoms with Crippen molar-refractivity contribution in [2.24, 2.45) is 0 Å². The number of fused-ring (bicyclic) bond motifs is 1. The van der Waals surface area contributed by atoms with Crippen LogP contribution in [0.5, 0.6) is 5.75 Å². The molecule has 0 aliphatic rings. The van der Waals surface area contributed by atoms with Gasteiger partial charge in [0.2, 0.25) is 0 Å². The van der Waals surface area contributed by atoms with Crippen molar-refractivity contribution in [1.29, 1.82) is 0 Å². The van der Waals surface area contributed by atoms with Crippen LogP contribution in [0, 0.1) is 0 Å². The summed E-state index contributed by atoms with van der Waals surface area (Å²) in [5.41, 5.74) is 3.10. The maximum absolute atomic E-state index is 12.4. The molecule has 0 spiro atoms. The van der Waals surface area contributed by atoms with Crippen LogP contribution in [-0.4, -0.2) is 17.1 Å². The second-order valence-electron chi connectivity index (χ2n) is 5.37. The molecule has 0 saturated heterocycles. The zero-order chi connectivity index (χ0) is 16.5. The van der Waals surface area contributed by atoms with Crippen LogP contribution in [0.15, 0.2) is 64.8 Å². The molecule has 1 N–H and O–H groups in total. The Labute approximate surface area is 142 Å². The Morgan fingerprint density at radius 1 is 1.08 bits per heavy atom. The molecule has 0 unspecified atom stereocenters. The van der Waals surface area contributed by atoms with Gasteiger partial charge in [-0.05, 0) is 29.7 Å². The molecule has 0 fully saturated rings. The predicted octanol–water partition coefficient (Wildman–Crippen LogP) is 4.33. The highest BCUT2D eigenvalue weighted by Gasteiger charge is 2.11. The quantitative estimate of drug-likeness (QED) is 0.607. The van der Waals surface area contributed by atoms with Crippen LogP contribution in [0.4, 0.5) is 0 Å². The first-order valence-corrected chi connectivity index (χ1v) is 8.35. The van der Waals surface area contributed by atoms with Gasteiger partial charge in [-0.25, -0.2) is 4.98 Å². The molecule has 0 bridgehead atoms. The first-order valence-electron chi connectivity index (χ1n) is 7.47. The Morgan fingerprint density at radius 2 is 1.96 bits per heavy atom. The van der Waals surface area contributed by atoms with Crippen molar-refractivity contribution >= 4 is 22.2 Å². The molecule has 2 aromatic carbocycles. The van der Waals surface area contributed by atoms with Crippen LogP contribution >= 0.6 is 11.3 Å². The number of hydrogen-bond donors (Lipinski definition) is 1. The summed E-state index contributed by atoms with van der Waals surface area (Å²) < 4.78 is 5.26. The lowest BCUT2D eigenvalue weighted by atomic mass is 10.1. The number of methoxy groups -OCH3 is 1. The SMILES string of the molecule is COc1cccc(-c2csc(-c3cc4ccccc4[nH]c3=O)n2)c1. The number of para-hydroxylation sites is 1. The molecule has 0 saturated carbocycles. The molecule has 0 amide bonds. The van der Waals surface area contributed by atoms with Crippen molar-refractivity contribution in [3.63, 3.8) is 0 Å². The van der Waals surface area contributed by atoms with Gasteiger partial charge in [0.15, 0.2) is 0 Å². The van der Waals surface area contributed by atoms with Crippen LogP contribution in [0.1, 0.15) is 0 Å². The van der Waals surface area contributed by atoms with E-state index in [1.807, 2.05) is 60.0 Å². The molecule has 4 nitrogen and oxygen atoms in total. The molecule has 2 aromatic heterocycles. The highest BCUT2D eigenvalue weighted by Crippen LogP contribution is 2.29. The smallest absolute Gasteiger partial charge is 0.258 e. The predicted molar refractivity (Wildman–Crippen MR) is 97.7 cm³/mol. The molecule has 0 aliphatic heterocycles. The molecule has 0 radical (unpaired) electrons.